The molecule has 4 aromatic rings. The van der Waals surface area contributed by atoms with Crippen LogP contribution in [-0.4, -0.2) is 11.8 Å². The molecule has 4 nitrogen and oxygen atoms in total. The number of carbonyl (C=O) groups is 2. The Hall–Kier alpha value is -4.77. The molecule has 174 valence electrons. The Bertz CT molecular complexity index is 1530. The average molecular weight is 473 g/mol. The van der Waals surface area contributed by atoms with Crippen LogP contribution >= 0.6 is 0 Å². The van der Waals surface area contributed by atoms with Crippen molar-refractivity contribution in [1.82, 2.24) is 0 Å². The lowest BCUT2D eigenvalue weighted by Gasteiger charge is -2.30. The van der Waals surface area contributed by atoms with Crippen LogP contribution in [0.25, 0.3) is 6.08 Å². The van der Waals surface area contributed by atoms with Gasteiger partial charge in [0.05, 0.1) is 6.04 Å². The Balaban J connectivity index is 1.64. The highest BCUT2D eigenvalue weighted by Gasteiger charge is 2.52. The molecule has 2 aliphatic heterocycles. The highest BCUT2D eigenvalue weighted by atomic mass is 19.1. The van der Waals surface area contributed by atoms with Crippen LogP contribution in [0.5, 0.6) is 0 Å². The Morgan fingerprint density at radius 2 is 1.19 bits per heavy atom. The topological polar surface area (TPSA) is 40.6 Å². The van der Waals surface area contributed by atoms with Gasteiger partial charge < -0.3 is 0 Å². The molecule has 0 N–H and O–H groups in total. The van der Waals surface area contributed by atoms with E-state index in [9.17, 15) is 9.59 Å². The lowest BCUT2D eigenvalue weighted by molar-refractivity contribution is -0.118. The molecule has 0 bridgehead atoms. The van der Waals surface area contributed by atoms with E-state index in [4.69, 9.17) is 0 Å². The summed E-state index contributed by atoms with van der Waals surface area (Å²) in [6, 6.07) is 33.4. The fourth-order valence-electron chi connectivity index (χ4n) is 4.96. The van der Waals surface area contributed by atoms with Crippen molar-refractivity contribution in [1.29, 1.82) is 0 Å². The zero-order valence-electron chi connectivity index (χ0n) is 19.2. The summed E-state index contributed by atoms with van der Waals surface area (Å²) >= 11 is 0. The van der Waals surface area contributed by atoms with Crippen LogP contribution in [0.1, 0.15) is 17.2 Å². The van der Waals surface area contributed by atoms with E-state index >= 15 is 4.39 Å². The van der Waals surface area contributed by atoms with Gasteiger partial charge in [0, 0.05) is 28.1 Å². The van der Waals surface area contributed by atoms with Gasteiger partial charge >= 0.3 is 0 Å². The quantitative estimate of drug-likeness (QED) is 0.327. The van der Waals surface area contributed by atoms with Gasteiger partial charge in [-0.05, 0) is 42.0 Å². The van der Waals surface area contributed by atoms with E-state index in [1.165, 1.54) is 11.0 Å². The van der Waals surface area contributed by atoms with E-state index in [2.05, 4.69) is 0 Å². The number of anilines is 2. The van der Waals surface area contributed by atoms with Crippen LogP contribution in [-0.2, 0) is 9.59 Å². The summed E-state index contributed by atoms with van der Waals surface area (Å²) in [6.45, 7) is 0. The Morgan fingerprint density at radius 1 is 0.639 bits per heavy atom. The Labute approximate surface area is 208 Å². The number of hydrogen-bond donors (Lipinski definition) is 0. The summed E-state index contributed by atoms with van der Waals surface area (Å²) < 4.78 is 15.3. The fraction of sp³-hybridized carbons (Fsp3) is 0.0323. The summed E-state index contributed by atoms with van der Waals surface area (Å²) in [4.78, 5) is 31.1. The van der Waals surface area contributed by atoms with E-state index in [0.717, 1.165) is 5.56 Å². The zero-order chi connectivity index (χ0) is 24.6. The van der Waals surface area contributed by atoms with Crippen molar-refractivity contribution in [3.63, 3.8) is 0 Å². The summed E-state index contributed by atoms with van der Waals surface area (Å²) in [7, 11) is 0. The third kappa shape index (κ3) is 3.45. The van der Waals surface area contributed by atoms with E-state index in [0.29, 0.717) is 28.1 Å². The van der Waals surface area contributed by atoms with Crippen molar-refractivity contribution in [2.75, 3.05) is 9.80 Å². The second-order valence-corrected chi connectivity index (χ2v) is 8.64. The van der Waals surface area contributed by atoms with Crippen molar-refractivity contribution in [3.8, 4) is 0 Å². The maximum atomic E-state index is 15.3. The third-order valence-corrected chi connectivity index (χ3v) is 6.51. The van der Waals surface area contributed by atoms with Crippen LogP contribution in [0.15, 0.2) is 132 Å². The van der Waals surface area contributed by atoms with Crippen LogP contribution in [0.3, 0.4) is 0 Å². The first-order chi connectivity index (χ1) is 17.6. The van der Waals surface area contributed by atoms with Crippen LogP contribution in [0.4, 0.5) is 15.8 Å². The monoisotopic (exact) mass is 472 g/mol. The summed E-state index contributed by atoms with van der Waals surface area (Å²) in [5.74, 6) is -1.09. The number of halogens is 1. The number of benzene rings is 4. The normalized spacial score (nSPS) is 18.4. The van der Waals surface area contributed by atoms with E-state index < -0.39 is 11.9 Å². The van der Waals surface area contributed by atoms with Gasteiger partial charge in [-0.25, -0.2) is 4.39 Å². The summed E-state index contributed by atoms with van der Waals surface area (Å²) in [5.41, 5.74) is 3.51. The van der Waals surface area contributed by atoms with Gasteiger partial charge in [-0.3, -0.25) is 19.4 Å². The summed E-state index contributed by atoms with van der Waals surface area (Å²) in [6.07, 6.45) is 1.79. The minimum atomic E-state index is -0.802. The van der Waals surface area contributed by atoms with Gasteiger partial charge in [-0.1, -0.05) is 84.9 Å². The van der Waals surface area contributed by atoms with Crippen molar-refractivity contribution >= 4 is 29.3 Å². The Morgan fingerprint density at radius 3 is 1.83 bits per heavy atom. The van der Waals surface area contributed by atoms with Crippen molar-refractivity contribution in [3.05, 3.63) is 149 Å². The first kappa shape index (κ1) is 21.7. The van der Waals surface area contributed by atoms with Crippen molar-refractivity contribution < 1.29 is 14.0 Å². The van der Waals surface area contributed by atoms with E-state index in [1.807, 2.05) is 78.9 Å². The number of nitrogens with zero attached hydrogens (tertiary/aromatic N) is 2. The molecular formula is C31H21FN2O2. The largest absolute Gasteiger partial charge is 0.295 e. The van der Waals surface area contributed by atoms with Gasteiger partial charge in [0.15, 0.2) is 0 Å². The van der Waals surface area contributed by atoms with Crippen LogP contribution in [0.2, 0.25) is 0 Å². The molecule has 4 aromatic carbocycles. The highest BCUT2D eigenvalue weighted by Crippen LogP contribution is 2.51. The second-order valence-electron chi connectivity index (χ2n) is 8.64. The lowest BCUT2D eigenvalue weighted by Crippen LogP contribution is -2.38. The molecule has 0 unspecified atom stereocenters. The second kappa shape index (κ2) is 8.78. The molecule has 2 aliphatic rings. The molecule has 36 heavy (non-hydrogen) atoms. The number of hydrogen-bond acceptors (Lipinski definition) is 2. The number of carbonyl (C=O) groups excluding carboxylic acids is 2. The van der Waals surface area contributed by atoms with Gasteiger partial charge in [-0.15, -0.1) is 0 Å². The molecule has 0 fully saturated rings. The molecular weight excluding hydrogens is 451 g/mol. The van der Waals surface area contributed by atoms with E-state index in [-0.39, 0.29) is 17.5 Å². The molecule has 0 saturated carbocycles. The first-order valence-corrected chi connectivity index (χ1v) is 11.7. The number of para-hydroxylation sites is 2. The van der Waals surface area contributed by atoms with Gasteiger partial charge in [0.25, 0.3) is 11.8 Å². The van der Waals surface area contributed by atoms with Gasteiger partial charge in [-0.2, -0.15) is 0 Å². The first-order valence-electron chi connectivity index (χ1n) is 11.7. The molecule has 2 amide bonds. The molecule has 0 aromatic heterocycles. The minimum absolute atomic E-state index is 0.255. The standard InChI is InChI=1S/C31H21FN2O2/c32-26-19-11-10-18-24(26)28-27-25(20-21-12-4-1-5-13-21)30(35)34(23-16-8-3-9-17-23)29(27)31(36)33(28)22-14-6-2-7-15-22/h1-20,28H/b25-20-/t28-/m1/s1. The molecule has 0 spiro atoms. The highest BCUT2D eigenvalue weighted by molar-refractivity contribution is 6.29. The van der Waals surface area contributed by atoms with Gasteiger partial charge in [0.1, 0.15) is 11.5 Å². The maximum Gasteiger partial charge on any atom is 0.276 e. The zero-order valence-corrected chi connectivity index (χ0v) is 19.2. The predicted octanol–water partition coefficient (Wildman–Crippen LogP) is 6.30. The predicted molar refractivity (Wildman–Crippen MR) is 138 cm³/mol. The molecule has 1 atom stereocenters. The molecule has 2 heterocycles. The van der Waals surface area contributed by atoms with E-state index in [1.54, 1.807) is 41.3 Å². The molecule has 5 heteroatoms. The van der Waals surface area contributed by atoms with Crippen LogP contribution in [0, 0.1) is 5.82 Å². The van der Waals surface area contributed by atoms with Gasteiger partial charge in [0.2, 0.25) is 0 Å². The molecule has 0 aliphatic carbocycles. The molecule has 0 saturated heterocycles. The number of amides is 2. The van der Waals surface area contributed by atoms with Crippen molar-refractivity contribution in [2.24, 2.45) is 0 Å². The Kier molecular flexibility index (Phi) is 5.30. The molecule has 6 rings (SSSR count). The van der Waals surface area contributed by atoms with Crippen LogP contribution < -0.4 is 9.80 Å². The SMILES string of the molecule is O=C1/C(=C\c2ccccc2)C2=C(C(=O)N(c3ccccc3)[C@@H]2c2ccccc2F)N1c1ccccc1. The maximum absolute atomic E-state index is 15.3. The third-order valence-electron chi connectivity index (χ3n) is 6.51. The van der Waals surface area contributed by atoms with Crippen molar-refractivity contribution in [2.45, 2.75) is 6.04 Å². The minimum Gasteiger partial charge on any atom is -0.295 e. The lowest BCUT2D eigenvalue weighted by atomic mass is 9.92. The number of rotatable bonds is 4. The average Bonchev–Trinajstić information content (AvgIpc) is 3.37. The summed E-state index contributed by atoms with van der Waals surface area (Å²) in [5, 5.41) is 0. The smallest absolute Gasteiger partial charge is 0.276 e. The fourth-order valence-corrected chi connectivity index (χ4v) is 4.96. The molecule has 0 radical (unpaired) electrons.